The van der Waals surface area contributed by atoms with Crippen LogP contribution in [0.5, 0.6) is 5.75 Å². The summed E-state index contributed by atoms with van der Waals surface area (Å²) < 4.78 is 11.2. The summed E-state index contributed by atoms with van der Waals surface area (Å²) in [7, 11) is 0. The molecule has 1 N–H and O–H groups in total. The molecule has 1 unspecified atom stereocenters. The van der Waals surface area contributed by atoms with Crippen LogP contribution in [0.3, 0.4) is 0 Å². The van der Waals surface area contributed by atoms with E-state index in [1.165, 1.54) is 11.1 Å². The van der Waals surface area contributed by atoms with Crippen molar-refractivity contribution in [3.8, 4) is 5.75 Å². The zero-order valence-electron chi connectivity index (χ0n) is 14.3. The first kappa shape index (κ1) is 17.5. The first-order valence-corrected chi connectivity index (χ1v) is 8.81. The Hall–Kier alpha value is -2.33. The van der Waals surface area contributed by atoms with E-state index in [-0.39, 0.29) is 12.7 Å². The van der Waals surface area contributed by atoms with Gasteiger partial charge in [-0.1, -0.05) is 42.5 Å². The SMILES string of the molecule is O=C(O)COCCc1ccc(C2CC[C@@H](Oc3ccccc3)C2)cc1. The van der Waals surface area contributed by atoms with Gasteiger partial charge in [0.2, 0.25) is 0 Å². The van der Waals surface area contributed by atoms with E-state index in [4.69, 9.17) is 14.6 Å². The molecule has 1 saturated carbocycles. The van der Waals surface area contributed by atoms with Gasteiger partial charge in [-0.25, -0.2) is 4.79 Å². The van der Waals surface area contributed by atoms with Gasteiger partial charge in [0.1, 0.15) is 12.4 Å². The Morgan fingerprint density at radius 3 is 2.52 bits per heavy atom. The van der Waals surface area contributed by atoms with Crippen molar-refractivity contribution in [1.29, 1.82) is 0 Å². The van der Waals surface area contributed by atoms with Crippen LogP contribution < -0.4 is 4.74 Å². The number of rotatable bonds is 8. The molecule has 2 atom stereocenters. The first-order valence-electron chi connectivity index (χ1n) is 8.81. The second-order valence-corrected chi connectivity index (χ2v) is 6.50. The molecule has 0 spiro atoms. The largest absolute Gasteiger partial charge is 0.490 e. The van der Waals surface area contributed by atoms with Crippen molar-refractivity contribution < 1.29 is 19.4 Å². The van der Waals surface area contributed by atoms with Gasteiger partial charge in [-0.3, -0.25) is 0 Å². The third kappa shape index (κ3) is 5.33. The monoisotopic (exact) mass is 340 g/mol. The van der Waals surface area contributed by atoms with Gasteiger partial charge in [0.25, 0.3) is 0 Å². The lowest BCUT2D eigenvalue weighted by molar-refractivity contribution is -0.142. The van der Waals surface area contributed by atoms with Crippen LogP contribution in [-0.4, -0.2) is 30.4 Å². The molecule has 4 heteroatoms. The highest BCUT2D eigenvalue weighted by Gasteiger charge is 2.27. The number of benzene rings is 2. The lowest BCUT2D eigenvalue weighted by atomic mass is 9.96. The summed E-state index contributed by atoms with van der Waals surface area (Å²) in [4.78, 5) is 10.4. The van der Waals surface area contributed by atoms with Crippen molar-refractivity contribution in [2.24, 2.45) is 0 Å². The number of ether oxygens (including phenoxy) is 2. The molecular weight excluding hydrogens is 316 g/mol. The molecule has 1 aliphatic carbocycles. The van der Waals surface area contributed by atoms with E-state index in [1.807, 2.05) is 30.3 Å². The Morgan fingerprint density at radius 2 is 1.80 bits per heavy atom. The van der Waals surface area contributed by atoms with Gasteiger partial charge in [0.15, 0.2) is 0 Å². The van der Waals surface area contributed by atoms with Crippen LogP contribution in [0.4, 0.5) is 0 Å². The summed E-state index contributed by atoms with van der Waals surface area (Å²) in [5.41, 5.74) is 2.53. The molecule has 132 valence electrons. The molecule has 2 aromatic rings. The molecule has 2 aromatic carbocycles. The predicted octanol–water partition coefficient (Wildman–Crippen LogP) is 4.05. The Kier molecular flexibility index (Phi) is 6.07. The number of carboxylic acid groups (broad SMARTS) is 1. The van der Waals surface area contributed by atoms with E-state index < -0.39 is 5.97 Å². The van der Waals surface area contributed by atoms with Crippen molar-refractivity contribution in [2.45, 2.75) is 37.7 Å². The van der Waals surface area contributed by atoms with E-state index in [0.29, 0.717) is 12.5 Å². The summed E-state index contributed by atoms with van der Waals surface area (Å²) in [6, 6.07) is 18.6. The molecule has 0 heterocycles. The second kappa shape index (κ2) is 8.67. The van der Waals surface area contributed by atoms with Gasteiger partial charge in [0, 0.05) is 0 Å². The van der Waals surface area contributed by atoms with E-state index in [9.17, 15) is 4.79 Å². The number of para-hydroxylation sites is 1. The van der Waals surface area contributed by atoms with Crippen LogP contribution in [0, 0.1) is 0 Å². The third-order valence-electron chi connectivity index (χ3n) is 4.64. The van der Waals surface area contributed by atoms with Gasteiger partial charge in [0.05, 0.1) is 12.7 Å². The van der Waals surface area contributed by atoms with Crippen LogP contribution >= 0.6 is 0 Å². The highest BCUT2D eigenvalue weighted by molar-refractivity contribution is 5.67. The minimum absolute atomic E-state index is 0.233. The van der Waals surface area contributed by atoms with E-state index in [0.717, 1.165) is 31.4 Å². The van der Waals surface area contributed by atoms with Crippen molar-refractivity contribution in [2.75, 3.05) is 13.2 Å². The second-order valence-electron chi connectivity index (χ2n) is 6.50. The molecule has 1 fully saturated rings. The maximum Gasteiger partial charge on any atom is 0.329 e. The number of carbonyl (C=O) groups is 1. The van der Waals surface area contributed by atoms with Crippen LogP contribution in [0.1, 0.15) is 36.3 Å². The summed E-state index contributed by atoms with van der Waals surface area (Å²) in [6.45, 7) is 0.199. The summed E-state index contributed by atoms with van der Waals surface area (Å²) in [5, 5.41) is 8.55. The van der Waals surface area contributed by atoms with Crippen molar-refractivity contribution in [1.82, 2.24) is 0 Å². The molecule has 0 radical (unpaired) electrons. The van der Waals surface area contributed by atoms with Gasteiger partial charge >= 0.3 is 5.97 Å². The Balaban J connectivity index is 1.47. The van der Waals surface area contributed by atoms with Gasteiger partial charge in [-0.05, 0) is 54.9 Å². The maximum atomic E-state index is 10.4. The average molecular weight is 340 g/mol. The molecule has 0 aromatic heterocycles. The predicted molar refractivity (Wildman–Crippen MR) is 96.1 cm³/mol. The van der Waals surface area contributed by atoms with Crippen LogP contribution in [0.25, 0.3) is 0 Å². The molecule has 0 aliphatic heterocycles. The number of aliphatic carboxylic acids is 1. The number of hydrogen-bond donors (Lipinski definition) is 1. The summed E-state index contributed by atoms with van der Waals surface area (Å²) >= 11 is 0. The van der Waals surface area contributed by atoms with E-state index in [2.05, 4.69) is 24.3 Å². The number of hydrogen-bond acceptors (Lipinski definition) is 3. The minimum atomic E-state index is -0.927. The topological polar surface area (TPSA) is 55.8 Å². The first-order chi connectivity index (χ1) is 12.2. The standard InChI is InChI=1S/C21H24O4/c22-21(23)15-24-13-12-16-6-8-17(9-7-16)18-10-11-20(14-18)25-19-4-2-1-3-5-19/h1-9,18,20H,10-15H2,(H,22,23)/t18?,20-/m1/s1. The lowest BCUT2D eigenvalue weighted by Gasteiger charge is -2.14. The molecular formula is C21H24O4. The van der Waals surface area contributed by atoms with E-state index >= 15 is 0 Å². The molecule has 1 aliphatic rings. The van der Waals surface area contributed by atoms with Crippen molar-refractivity contribution in [3.63, 3.8) is 0 Å². The zero-order valence-corrected chi connectivity index (χ0v) is 14.3. The summed E-state index contributed by atoms with van der Waals surface area (Å²) in [6.07, 6.45) is 4.31. The normalized spacial score (nSPS) is 19.7. The molecule has 0 bridgehead atoms. The minimum Gasteiger partial charge on any atom is -0.490 e. The highest BCUT2D eigenvalue weighted by Crippen LogP contribution is 2.36. The molecule has 3 rings (SSSR count). The van der Waals surface area contributed by atoms with Crippen molar-refractivity contribution >= 4 is 5.97 Å². The third-order valence-corrected chi connectivity index (χ3v) is 4.64. The van der Waals surface area contributed by atoms with Gasteiger partial charge in [-0.15, -0.1) is 0 Å². The van der Waals surface area contributed by atoms with Gasteiger partial charge < -0.3 is 14.6 Å². The highest BCUT2D eigenvalue weighted by atomic mass is 16.5. The fourth-order valence-corrected chi connectivity index (χ4v) is 3.35. The smallest absolute Gasteiger partial charge is 0.329 e. The Labute approximate surface area is 148 Å². The van der Waals surface area contributed by atoms with E-state index in [1.54, 1.807) is 0 Å². The fourth-order valence-electron chi connectivity index (χ4n) is 3.35. The lowest BCUT2D eigenvalue weighted by Crippen LogP contribution is -2.11. The molecule has 0 amide bonds. The van der Waals surface area contributed by atoms with Crippen LogP contribution in [-0.2, 0) is 16.0 Å². The summed E-state index contributed by atoms with van der Waals surface area (Å²) in [5.74, 6) is 0.569. The molecule has 25 heavy (non-hydrogen) atoms. The van der Waals surface area contributed by atoms with Gasteiger partial charge in [-0.2, -0.15) is 0 Å². The maximum absolute atomic E-state index is 10.4. The van der Waals surface area contributed by atoms with Crippen LogP contribution in [0.15, 0.2) is 54.6 Å². The average Bonchev–Trinajstić information content (AvgIpc) is 3.08. The van der Waals surface area contributed by atoms with Crippen LogP contribution in [0.2, 0.25) is 0 Å². The van der Waals surface area contributed by atoms with Crippen molar-refractivity contribution in [3.05, 3.63) is 65.7 Å². The fraction of sp³-hybridized carbons (Fsp3) is 0.381. The Morgan fingerprint density at radius 1 is 1.04 bits per heavy atom. The quantitative estimate of drug-likeness (QED) is 0.737. The molecule has 4 nitrogen and oxygen atoms in total. The molecule has 0 saturated heterocycles. The Bertz CT molecular complexity index is 666. The number of carboxylic acids is 1. The zero-order chi connectivity index (χ0) is 17.5.